The Kier molecular flexibility index (Phi) is 7.64. The number of hydrogen-bond acceptors (Lipinski definition) is 5. The average molecular weight is 511 g/mol. The van der Waals surface area contributed by atoms with E-state index in [2.05, 4.69) is 0 Å². The predicted octanol–water partition coefficient (Wildman–Crippen LogP) is 5.34. The molecule has 2 aromatic carbocycles. The van der Waals surface area contributed by atoms with Crippen LogP contribution in [0.25, 0.3) is 0 Å². The fraction of sp³-hybridized carbons (Fsp3) is 0.357. The Hall–Kier alpha value is -3.39. The number of carbonyl (C=O) groups excluding carboxylic acids is 2. The van der Waals surface area contributed by atoms with Crippen LogP contribution in [-0.2, 0) is 11.2 Å². The Balaban J connectivity index is 1.58. The van der Waals surface area contributed by atoms with Gasteiger partial charge in [0.25, 0.3) is 5.91 Å². The molecule has 0 fully saturated rings. The third-order valence-corrected chi connectivity index (χ3v) is 7.30. The van der Waals surface area contributed by atoms with Crippen LogP contribution in [-0.4, -0.2) is 54.0 Å². The Labute approximate surface area is 215 Å². The first-order valence-corrected chi connectivity index (χ1v) is 12.8. The van der Waals surface area contributed by atoms with E-state index in [1.807, 2.05) is 56.5 Å². The van der Waals surface area contributed by atoms with Gasteiger partial charge in [-0.3, -0.25) is 9.59 Å². The lowest BCUT2D eigenvalue weighted by Crippen LogP contribution is -2.53. The Morgan fingerprint density at radius 1 is 1.11 bits per heavy atom. The minimum atomic E-state index is -0.647. The van der Waals surface area contributed by atoms with Gasteiger partial charge in [0.2, 0.25) is 5.91 Å². The zero-order valence-corrected chi connectivity index (χ0v) is 21.8. The number of benzene rings is 2. The van der Waals surface area contributed by atoms with E-state index in [0.29, 0.717) is 18.0 Å². The van der Waals surface area contributed by atoms with E-state index >= 15 is 0 Å². The van der Waals surface area contributed by atoms with Gasteiger partial charge in [-0.05, 0) is 74.5 Å². The second-order valence-electron chi connectivity index (χ2n) is 9.69. The van der Waals surface area contributed by atoms with Crippen LogP contribution in [0.2, 0.25) is 0 Å². The van der Waals surface area contributed by atoms with Gasteiger partial charge in [-0.15, -0.1) is 11.3 Å². The van der Waals surface area contributed by atoms with E-state index < -0.39 is 11.4 Å². The molecule has 1 aliphatic heterocycles. The van der Waals surface area contributed by atoms with Gasteiger partial charge in [0.15, 0.2) is 11.5 Å². The maximum Gasteiger partial charge on any atom is 0.254 e. The van der Waals surface area contributed by atoms with Crippen molar-refractivity contribution in [3.63, 3.8) is 0 Å². The molecule has 4 rings (SSSR count). The fourth-order valence-corrected chi connectivity index (χ4v) is 5.33. The topological polar surface area (TPSA) is 59.1 Å². The first kappa shape index (κ1) is 25.7. The molecule has 8 heteroatoms. The van der Waals surface area contributed by atoms with Gasteiger partial charge in [0, 0.05) is 22.5 Å². The van der Waals surface area contributed by atoms with Gasteiger partial charge in [0.05, 0.1) is 13.2 Å². The lowest BCUT2D eigenvalue weighted by molar-refractivity contribution is -0.136. The van der Waals surface area contributed by atoms with Crippen LogP contribution in [0, 0.1) is 5.82 Å². The van der Waals surface area contributed by atoms with Gasteiger partial charge in [-0.2, -0.15) is 0 Å². The maximum absolute atomic E-state index is 13.8. The molecular formula is C28H31FN2O4S. The highest BCUT2D eigenvalue weighted by Gasteiger charge is 2.36. The number of thiophene rings is 1. The van der Waals surface area contributed by atoms with Crippen LogP contribution in [0.15, 0.2) is 60.0 Å². The summed E-state index contributed by atoms with van der Waals surface area (Å²) in [5.41, 5.74) is 0.631. The lowest BCUT2D eigenvalue weighted by Gasteiger charge is -2.40. The second kappa shape index (κ2) is 10.7. The Morgan fingerprint density at radius 2 is 1.86 bits per heavy atom. The van der Waals surface area contributed by atoms with Crippen LogP contribution < -0.4 is 9.47 Å². The highest BCUT2D eigenvalue weighted by molar-refractivity contribution is 7.10. The van der Waals surface area contributed by atoms with E-state index in [1.54, 1.807) is 29.4 Å². The third-order valence-electron chi connectivity index (χ3n) is 6.30. The SMILES string of the molecule is COc1ccccc1OCC1c2ccsc2CCN1C(=O)CN(C(=O)c1cccc(F)c1)C(C)(C)C. The molecular weight excluding hydrogens is 479 g/mol. The number of methoxy groups -OCH3 is 1. The number of ether oxygens (including phenoxy) is 2. The van der Waals surface area contributed by atoms with E-state index in [-0.39, 0.29) is 36.6 Å². The molecule has 2 heterocycles. The number of para-hydroxylation sites is 2. The van der Waals surface area contributed by atoms with Crippen molar-refractivity contribution in [1.82, 2.24) is 9.80 Å². The van der Waals surface area contributed by atoms with Gasteiger partial charge in [-0.1, -0.05) is 18.2 Å². The summed E-state index contributed by atoms with van der Waals surface area (Å²) in [4.78, 5) is 31.6. The standard InChI is InChI=1S/C28H31FN2O4S/c1-28(2,3)31(27(33)19-8-7-9-20(29)16-19)17-26(32)30-14-12-25-21(13-15-36-25)22(30)18-35-24-11-6-5-10-23(24)34-4/h5-11,13,15-16,22H,12,14,17-18H2,1-4H3. The predicted molar refractivity (Wildman–Crippen MR) is 138 cm³/mol. The molecule has 1 aliphatic rings. The molecule has 1 unspecified atom stereocenters. The highest BCUT2D eigenvalue weighted by atomic mass is 32.1. The van der Waals surface area contributed by atoms with E-state index in [4.69, 9.17) is 9.47 Å². The van der Waals surface area contributed by atoms with Gasteiger partial charge >= 0.3 is 0 Å². The van der Waals surface area contributed by atoms with Crippen molar-refractivity contribution in [1.29, 1.82) is 0 Å². The van der Waals surface area contributed by atoms with Crippen LogP contribution in [0.4, 0.5) is 4.39 Å². The maximum atomic E-state index is 13.8. The van der Waals surface area contributed by atoms with Gasteiger partial charge < -0.3 is 19.3 Å². The summed E-state index contributed by atoms with van der Waals surface area (Å²) in [7, 11) is 1.59. The largest absolute Gasteiger partial charge is 0.493 e. The van der Waals surface area contributed by atoms with Crippen molar-refractivity contribution >= 4 is 23.2 Å². The van der Waals surface area contributed by atoms with E-state index in [9.17, 15) is 14.0 Å². The first-order valence-electron chi connectivity index (χ1n) is 11.9. The number of amides is 2. The van der Waals surface area contributed by atoms with Gasteiger partial charge in [0.1, 0.15) is 19.0 Å². The first-order chi connectivity index (χ1) is 17.2. The average Bonchev–Trinajstić information content (AvgIpc) is 3.34. The molecule has 0 saturated heterocycles. The van der Waals surface area contributed by atoms with Crippen molar-refractivity contribution in [3.05, 3.63) is 81.8 Å². The molecule has 0 aliphatic carbocycles. The number of halogens is 1. The lowest BCUT2D eigenvalue weighted by atomic mass is 9.99. The number of carbonyl (C=O) groups is 2. The van der Waals surface area contributed by atoms with Crippen LogP contribution >= 0.6 is 11.3 Å². The van der Waals surface area contributed by atoms with Crippen molar-refractivity contribution in [2.75, 3.05) is 26.8 Å². The Bertz CT molecular complexity index is 1240. The summed E-state index contributed by atoms with van der Waals surface area (Å²) in [6.07, 6.45) is 0.747. The Morgan fingerprint density at radius 3 is 2.56 bits per heavy atom. The summed E-state index contributed by atoms with van der Waals surface area (Å²) in [6.45, 7) is 6.26. The number of nitrogens with zero attached hydrogens (tertiary/aromatic N) is 2. The summed E-state index contributed by atoms with van der Waals surface area (Å²) >= 11 is 1.68. The van der Waals surface area contributed by atoms with E-state index in [1.165, 1.54) is 28.0 Å². The van der Waals surface area contributed by atoms with Crippen molar-refractivity contribution in [3.8, 4) is 11.5 Å². The van der Waals surface area contributed by atoms with E-state index in [0.717, 1.165) is 12.0 Å². The molecule has 0 saturated carbocycles. The summed E-state index contributed by atoms with van der Waals surface area (Å²) in [6, 6.07) is 14.7. The molecule has 36 heavy (non-hydrogen) atoms. The number of hydrogen-bond donors (Lipinski definition) is 0. The second-order valence-corrected chi connectivity index (χ2v) is 10.7. The monoisotopic (exact) mass is 510 g/mol. The highest BCUT2D eigenvalue weighted by Crippen LogP contribution is 2.35. The third kappa shape index (κ3) is 5.54. The molecule has 1 aromatic heterocycles. The van der Waals surface area contributed by atoms with Crippen LogP contribution in [0.3, 0.4) is 0 Å². The zero-order chi connectivity index (χ0) is 25.9. The zero-order valence-electron chi connectivity index (χ0n) is 21.0. The van der Waals surface area contributed by atoms with Gasteiger partial charge in [-0.25, -0.2) is 4.39 Å². The molecule has 0 radical (unpaired) electrons. The quantitative estimate of drug-likeness (QED) is 0.431. The molecule has 2 amide bonds. The fourth-order valence-electron chi connectivity index (χ4n) is 4.40. The number of fused-ring (bicyclic) bond motifs is 1. The van der Waals surface area contributed by atoms with Crippen molar-refractivity contribution in [2.45, 2.75) is 38.8 Å². The summed E-state index contributed by atoms with van der Waals surface area (Å²) in [5.74, 6) is 0.171. The molecule has 0 bridgehead atoms. The molecule has 3 aromatic rings. The molecule has 0 spiro atoms. The molecule has 1 atom stereocenters. The minimum Gasteiger partial charge on any atom is -0.493 e. The summed E-state index contributed by atoms with van der Waals surface area (Å²) < 4.78 is 25.4. The normalized spacial score (nSPS) is 15.2. The summed E-state index contributed by atoms with van der Waals surface area (Å²) in [5, 5.41) is 2.03. The van der Waals surface area contributed by atoms with Crippen LogP contribution in [0.5, 0.6) is 11.5 Å². The minimum absolute atomic E-state index is 0.122. The number of rotatable bonds is 7. The van der Waals surface area contributed by atoms with Crippen LogP contribution in [0.1, 0.15) is 47.6 Å². The smallest absolute Gasteiger partial charge is 0.254 e. The van der Waals surface area contributed by atoms with Crippen molar-refractivity contribution < 1.29 is 23.5 Å². The molecule has 190 valence electrons. The molecule has 0 N–H and O–H groups in total. The van der Waals surface area contributed by atoms with Crippen molar-refractivity contribution in [2.24, 2.45) is 0 Å². The molecule has 6 nitrogen and oxygen atoms in total.